The van der Waals surface area contributed by atoms with Crippen LogP contribution < -0.4 is 10.2 Å². The van der Waals surface area contributed by atoms with Crippen molar-refractivity contribution >= 4 is 29.2 Å². The lowest BCUT2D eigenvalue weighted by atomic mass is 10.1. The Kier molecular flexibility index (Phi) is 6.07. The van der Waals surface area contributed by atoms with Crippen LogP contribution in [0.3, 0.4) is 0 Å². The molecule has 2 aromatic rings. The fourth-order valence-corrected chi connectivity index (χ4v) is 3.24. The van der Waals surface area contributed by atoms with E-state index >= 15 is 0 Å². The fraction of sp³-hybridized carbons (Fsp3) is 0.227. The summed E-state index contributed by atoms with van der Waals surface area (Å²) >= 11 is 0. The van der Waals surface area contributed by atoms with Crippen LogP contribution in [0.5, 0.6) is 0 Å². The van der Waals surface area contributed by atoms with E-state index in [1.165, 1.54) is 29.2 Å². The van der Waals surface area contributed by atoms with Gasteiger partial charge in [-0.3, -0.25) is 9.59 Å². The van der Waals surface area contributed by atoms with Crippen molar-refractivity contribution in [2.75, 3.05) is 16.8 Å². The normalized spacial score (nSPS) is 16.3. The highest BCUT2D eigenvalue weighted by molar-refractivity contribution is 6.22. The van der Waals surface area contributed by atoms with E-state index in [9.17, 15) is 18.8 Å². The summed E-state index contributed by atoms with van der Waals surface area (Å²) in [6.07, 6.45) is 2.16. The number of amides is 4. The lowest BCUT2D eigenvalue weighted by molar-refractivity contribution is -0.124. The van der Waals surface area contributed by atoms with E-state index < -0.39 is 29.7 Å². The maximum atomic E-state index is 13.6. The number of halogens is 1. The van der Waals surface area contributed by atoms with Crippen LogP contribution in [0.25, 0.3) is 0 Å². The first-order chi connectivity index (χ1) is 13.9. The van der Waals surface area contributed by atoms with E-state index in [0.29, 0.717) is 5.69 Å². The average molecular weight is 395 g/mol. The topological polar surface area (TPSA) is 69.7 Å². The van der Waals surface area contributed by atoms with Crippen molar-refractivity contribution in [3.8, 4) is 0 Å². The van der Waals surface area contributed by atoms with Crippen LogP contribution in [0.1, 0.15) is 18.9 Å². The molecular weight excluding hydrogens is 373 g/mol. The SMILES string of the molecule is C=CCN1C(=O)N(c2cccc(F)c2)C(=O)[C@@H]1CC(=O)Nc1ccc(CC)cc1. The van der Waals surface area contributed by atoms with Gasteiger partial charge in [-0.25, -0.2) is 14.1 Å². The Morgan fingerprint density at radius 2 is 1.93 bits per heavy atom. The van der Waals surface area contributed by atoms with Gasteiger partial charge in [0, 0.05) is 12.2 Å². The molecule has 1 aliphatic rings. The molecule has 3 rings (SSSR count). The summed E-state index contributed by atoms with van der Waals surface area (Å²) in [5.41, 5.74) is 1.89. The number of hydrogen-bond donors (Lipinski definition) is 1. The molecule has 6 nitrogen and oxygen atoms in total. The third kappa shape index (κ3) is 4.34. The second kappa shape index (κ2) is 8.68. The van der Waals surface area contributed by atoms with E-state index in [4.69, 9.17) is 0 Å². The molecule has 0 unspecified atom stereocenters. The molecule has 7 heteroatoms. The number of urea groups is 1. The predicted octanol–water partition coefficient (Wildman–Crippen LogP) is 3.74. The van der Waals surface area contributed by atoms with Crippen LogP contribution in [0.4, 0.5) is 20.6 Å². The van der Waals surface area contributed by atoms with Crippen LogP contribution in [-0.4, -0.2) is 35.3 Å². The predicted molar refractivity (Wildman–Crippen MR) is 109 cm³/mol. The number of aryl methyl sites for hydroxylation is 1. The van der Waals surface area contributed by atoms with Gasteiger partial charge in [-0.1, -0.05) is 31.2 Å². The first-order valence-electron chi connectivity index (χ1n) is 9.34. The van der Waals surface area contributed by atoms with Crippen molar-refractivity contribution in [2.45, 2.75) is 25.8 Å². The molecule has 0 spiro atoms. The van der Waals surface area contributed by atoms with Gasteiger partial charge >= 0.3 is 6.03 Å². The minimum atomic E-state index is -0.987. The number of benzene rings is 2. The molecule has 1 N–H and O–H groups in total. The van der Waals surface area contributed by atoms with E-state index in [0.717, 1.165) is 23.0 Å². The van der Waals surface area contributed by atoms with Gasteiger partial charge in [0.25, 0.3) is 5.91 Å². The molecule has 1 heterocycles. The lowest BCUT2D eigenvalue weighted by Gasteiger charge is -2.19. The maximum absolute atomic E-state index is 13.6. The highest BCUT2D eigenvalue weighted by atomic mass is 19.1. The summed E-state index contributed by atoms with van der Waals surface area (Å²) in [5.74, 6) is -1.52. The highest BCUT2D eigenvalue weighted by Crippen LogP contribution is 2.27. The smallest absolute Gasteiger partial charge is 0.326 e. The van der Waals surface area contributed by atoms with Crippen molar-refractivity contribution in [2.24, 2.45) is 0 Å². The van der Waals surface area contributed by atoms with E-state index in [2.05, 4.69) is 11.9 Å². The maximum Gasteiger partial charge on any atom is 0.332 e. The van der Waals surface area contributed by atoms with Crippen LogP contribution >= 0.6 is 0 Å². The molecule has 0 radical (unpaired) electrons. The van der Waals surface area contributed by atoms with Gasteiger partial charge in [0.15, 0.2) is 0 Å². The van der Waals surface area contributed by atoms with Crippen molar-refractivity contribution in [1.82, 2.24) is 4.90 Å². The van der Waals surface area contributed by atoms with Gasteiger partial charge in [-0.2, -0.15) is 0 Å². The Balaban J connectivity index is 1.78. The quantitative estimate of drug-likeness (QED) is 0.574. The molecule has 0 saturated carbocycles. The zero-order valence-electron chi connectivity index (χ0n) is 16.1. The Labute approximate surface area is 168 Å². The number of nitrogens with one attached hydrogen (secondary N) is 1. The summed E-state index contributed by atoms with van der Waals surface area (Å²) in [5, 5.41) is 2.75. The zero-order valence-corrected chi connectivity index (χ0v) is 16.1. The third-order valence-corrected chi connectivity index (χ3v) is 4.74. The van der Waals surface area contributed by atoms with Crippen molar-refractivity contribution in [3.05, 3.63) is 72.6 Å². The molecule has 2 aromatic carbocycles. The third-order valence-electron chi connectivity index (χ3n) is 4.74. The standard InChI is InChI=1S/C22H22FN3O3/c1-3-12-25-19(14-20(27)24-17-10-8-15(4-2)9-11-17)21(28)26(22(25)29)18-7-5-6-16(23)13-18/h3,5-11,13,19H,1,4,12,14H2,2H3,(H,24,27)/t19-/m0/s1. The highest BCUT2D eigenvalue weighted by Gasteiger charge is 2.46. The molecule has 4 amide bonds. The van der Waals surface area contributed by atoms with E-state index in [1.807, 2.05) is 19.1 Å². The molecule has 150 valence electrons. The molecule has 29 heavy (non-hydrogen) atoms. The first-order valence-corrected chi connectivity index (χ1v) is 9.34. The minimum Gasteiger partial charge on any atom is -0.326 e. The van der Waals surface area contributed by atoms with Crippen LogP contribution in [0.15, 0.2) is 61.2 Å². The summed E-state index contributed by atoms with van der Waals surface area (Å²) in [6.45, 7) is 5.74. The number of carbonyl (C=O) groups is 3. The summed E-state index contributed by atoms with van der Waals surface area (Å²) in [4.78, 5) is 40.4. The fourth-order valence-electron chi connectivity index (χ4n) is 3.24. The van der Waals surface area contributed by atoms with Gasteiger partial charge in [0.1, 0.15) is 11.9 Å². The summed E-state index contributed by atoms with van der Waals surface area (Å²) in [6, 6.07) is 11.0. The van der Waals surface area contributed by atoms with Crippen molar-refractivity contribution in [3.63, 3.8) is 0 Å². The van der Waals surface area contributed by atoms with Crippen LogP contribution in [0, 0.1) is 5.82 Å². The second-order valence-electron chi connectivity index (χ2n) is 6.70. The van der Waals surface area contributed by atoms with E-state index in [1.54, 1.807) is 12.1 Å². The molecule has 1 aliphatic heterocycles. The second-order valence-corrected chi connectivity index (χ2v) is 6.70. The van der Waals surface area contributed by atoms with Crippen molar-refractivity contribution in [1.29, 1.82) is 0 Å². The van der Waals surface area contributed by atoms with Gasteiger partial charge in [0.2, 0.25) is 5.91 Å². The van der Waals surface area contributed by atoms with Crippen LogP contribution in [0.2, 0.25) is 0 Å². The van der Waals surface area contributed by atoms with Crippen LogP contribution in [-0.2, 0) is 16.0 Å². The molecule has 1 saturated heterocycles. The van der Waals surface area contributed by atoms with Gasteiger partial charge < -0.3 is 10.2 Å². The van der Waals surface area contributed by atoms with Crippen molar-refractivity contribution < 1.29 is 18.8 Å². The molecule has 0 aromatic heterocycles. The van der Waals surface area contributed by atoms with Gasteiger partial charge in [0.05, 0.1) is 12.1 Å². The number of nitrogens with zero attached hydrogens (tertiary/aromatic N) is 2. The minimum absolute atomic E-state index is 0.0968. The number of carbonyl (C=O) groups excluding carboxylic acids is 3. The molecule has 1 fully saturated rings. The Bertz CT molecular complexity index is 943. The largest absolute Gasteiger partial charge is 0.332 e. The molecule has 0 aliphatic carbocycles. The Hall–Kier alpha value is -3.48. The lowest BCUT2D eigenvalue weighted by Crippen LogP contribution is -2.38. The van der Waals surface area contributed by atoms with Gasteiger partial charge in [-0.05, 0) is 42.3 Å². The van der Waals surface area contributed by atoms with Gasteiger partial charge in [-0.15, -0.1) is 6.58 Å². The first kappa shape index (κ1) is 20.3. The zero-order chi connectivity index (χ0) is 21.0. The number of anilines is 2. The average Bonchev–Trinajstić information content (AvgIpc) is 2.93. The number of hydrogen-bond acceptors (Lipinski definition) is 3. The number of imide groups is 1. The Morgan fingerprint density at radius 3 is 2.55 bits per heavy atom. The molecule has 0 bridgehead atoms. The summed E-state index contributed by atoms with van der Waals surface area (Å²) < 4.78 is 13.6. The summed E-state index contributed by atoms with van der Waals surface area (Å²) in [7, 11) is 0. The Morgan fingerprint density at radius 1 is 1.21 bits per heavy atom. The monoisotopic (exact) mass is 395 g/mol. The molecule has 1 atom stereocenters. The molecular formula is C22H22FN3O3. The van der Waals surface area contributed by atoms with E-state index in [-0.39, 0.29) is 18.7 Å². The number of rotatable bonds is 7.